The maximum Gasteiger partial charge on any atom is 0.264 e. The molecule has 2 aliphatic rings. The zero-order valence-corrected chi connectivity index (χ0v) is 21.2. The average Bonchev–Trinajstić information content (AvgIpc) is 3.11. The SMILES string of the molecule is CC1(C)CC(=O)c2c(CN)nn(-c3ccc(C(N)=O)c(NC4CCC(OS(C)(=O)=O)CC4)c3)c2C1. The predicted octanol–water partition coefficient (Wildman–Crippen LogP) is 2.28. The topological polar surface area (TPSA) is 159 Å². The molecule has 5 N–H and O–H groups in total. The molecule has 190 valence electrons. The number of aromatic nitrogens is 2. The van der Waals surface area contributed by atoms with Crippen molar-refractivity contribution in [3.05, 3.63) is 40.7 Å². The number of amides is 1. The minimum absolute atomic E-state index is 0.0226. The smallest absolute Gasteiger partial charge is 0.264 e. The van der Waals surface area contributed by atoms with E-state index >= 15 is 0 Å². The van der Waals surface area contributed by atoms with Gasteiger partial charge in [-0.2, -0.15) is 13.5 Å². The molecule has 2 aromatic rings. The summed E-state index contributed by atoms with van der Waals surface area (Å²) in [7, 11) is -3.50. The molecular weight excluding hydrogens is 470 g/mol. The van der Waals surface area contributed by atoms with Gasteiger partial charge >= 0.3 is 0 Å². The van der Waals surface area contributed by atoms with Crippen LogP contribution in [-0.4, -0.2) is 48.3 Å². The molecular formula is C24H33N5O5S. The van der Waals surface area contributed by atoms with E-state index in [-0.39, 0.29) is 29.9 Å². The highest BCUT2D eigenvalue weighted by atomic mass is 32.2. The number of hydrogen-bond acceptors (Lipinski definition) is 8. The second-order valence-electron chi connectivity index (χ2n) is 10.3. The van der Waals surface area contributed by atoms with Gasteiger partial charge in [0.15, 0.2) is 5.78 Å². The van der Waals surface area contributed by atoms with Gasteiger partial charge in [-0.25, -0.2) is 4.68 Å². The van der Waals surface area contributed by atoms with E-state index in [1.54, 1.807) is 16.8 Å². The fourth-order valence-electron chi connectivity index (χ4n) is 5.15. The first-order valence-electron chi connectivity index (χ1n) is 11.8. The molecule has 1 aromatic heterocycles. The van der Waals surface area contributed by atoms with E-state index in [0.29, 0.717) is 66.7 Å². The van der Waals surface area contributed by atoms with Crippen molar-refractivity contribution in [3.63, 3.8) is 0 Å². The van der Waals surface area contributed by atoms with E-state index in [1.165, 1.54) is 0 Å². The van der Waals surface area contributed by atoms with Gasteiger partial charge in [0.05, 0.1) is 40.6 Å². The summed E-state index contributed by atoms with van der Waals surface area (Å²) in [5.74, 6) is -0.516. The van der Waals surface area contributed by atoms with Crippen molar-refractivity contribution < 1.29 is 22.2 Å². The molecule has 0 saturated heterocycles. The number of hydrogen-bond donors (Lipinski definition) is 3. The first-order valence-corrected chi connectivity index (χ1v) is 13.6. The first-order chi connectivity index (χ1) is 16.4. The van der Waals surface area contributed by atoms with Crippen LogP contribution in [0.5, 0.6) is 0 Å². The molecule has 1 fully saturated rings. The summed E-state index contributed by atoms with van der Waals surface area (Å²) in [4.78, 5) is 25.0. The van der Waals surface area contributed by atoms with Crippen molar-refractivity contribution in [1.82, 2.24) is 9.78 Å². The first kappa shape index (κ1) is 25.3. The largest absolute Gasteiger partial charge is 0.382 e. The number of anilines is 1. The summed E-state index contributed by atoms with van der Waals surface area (Å²) in [5.41, 5.74) is 15.0. The third-order valence-electron chi connectivity index (χ3n) is 6.67. The minimum atomic E-state index is -3.50. The lowest BCUT2D eigenvalue weighted by atomic mass is 9.75. The van der Waals surface area contributed by atoms with Crippen LogP contribution in [0, 0.1) is 5.41 Å². The fourth-order valence-corrected chi connectivity index (χ4v) is 5.84. The van der Waals surface area contributed by atoms with Crippen molar-refractivity contribution in [3.8, 4) is 5.69 Å². The number of nitrogens with two attached hydrogens (primary N) is 2. The van der Waals surface area contributed by atoms with Gasteiger partial charge in [-0.15, -0.1) is 0 Å². The van der Waals surface area contributed by atoms with Crippen LogP contribution in [0.1, 0.15) is 78.1 Å². The highest BCUT2D eigenvalue weighted by Gasteiger charge is 2.36. The van der Waals surface area contributed by atoms with Crippen molar-refractivity contribution in [2.45, 2.75) is 71.1 Å². The second kappa shape index (κ2) is 9.36. The van der Waals surface area contributed by atoms with Gasteiger partial charge in [-0.3, -0.25) is 13.8 Å². The molecule has 0 aliphatic heterocycles. The van der Waals surface area contributed by atoms with E-state index in [0.717, 1.165) is 11.9 Å². The van der Waals surface area contributed by atoms with Gasteiger partial charge in [0.1, 0.15) is 0 Å². The Morgan fingerprint density at radius 3 is 2.51 bits per heavy atom. The van der Waals surface area contributed by atoms with E-state index < -0.39 is 16.0 Å². The zero-order chi connectivity index (χ0) is 25.5. The Morgan fingerprint density at radius 2 is 1.91 bits per heavy atom. The number of fused-ring (bicyclic) bond motifs is 1. The Hall–Kier alpha value is -2.76. The van der Waals surface area contributed by atoms with Gasteiger partial charge in [0, 0.05) is 24.7 Å². The van der Waals surface area contributed by atoms with Gasteiger partial charge in [0.2, 0.25) is 0 Å². The number of carbonyl (C=O) groups excluding carboxylic acids is 2. The van der Waals surface area contributed by atoms with E-state index in [2.05, 4.69) is 24.3 Å². The summed E-state index contributed by atoms with van der Waals surface area (Å²) in [6.45, 7) is 4.27. The Balaban J connectivity index is 1.64. The third-order valence-corrected chi connectivity index (χ3v) is 7.29. The maximum atomic E-state index is 12.9. The number of primary amides is 1. The lowest BCUT2D eigenvalue weighted by Gasteiger charge is -2.30. The average molecular weight is 504 g/mol. The van der Waals surface area contributed by atoms with Crippen molar-refractivity contribution in [1.29, 1.82) is 0 Å². The molecule has 0 atom stereocenters. The maximum absolute atomic E-state index is 12.9. The van der Waals surface area contributed by atoms with Crippen LogP contribution in [0.3, 0.4) is 0 Å². The van der Waals surface area contributed by atoms with Gasteiger partial charge in [0.25, 0.3) is 16.0 Å². The van der Waals surface area contributed by atoms with Gasteiger partial charge in [-0.05, 0) is 55.7 Å². The molecule has 4 rings (SSSR count). The van der Waals surface area contributed by atoms with Crippen molar-refractivity contribution in [2.24, 2.45) is 16.9 Å². The van der Waals surface area contributed by atoms with Gasteiger partial charge < -0.3 is 16.8 Å². The van der Waals surface area contributed by atoms with E-state index in [1.807, 2.05) is 6.07 Å². The number of Topliss-reactive ketones (excluding diaryl/α,β-unsaturated/α-hetero) is 1. The number of ketones is 1. The second-order valence-corrected chi connectivity index (χ2v) is 11.9. The molecule has 1 amide bonds. The highest BCUT2D eigenvalue weighted by molar-refractivity contribution is 7.86. The molecule has 10 nitrogen and oxygen atoms in total. The minimum Gasteiger partial charge on any atom is -0.382 e. The van der Waals surface area contributed by atoms with Crippen LogP contribution in [0.2, 0.25) is 0 Å². The number of rotatable bonds is 7. The monoisotopic (exact) mass is 503 g/mol. The molecule has 2 aliphatic carbocycles. The van der Waals surface area contributed by atoms with Crippen LogP contribution < -0.4 is 16.8 Å². The summed E-state index contributed by atoms with van der Waals surface area (Å²) in [5, 5.41) is 8.07. The number of benzene rings is 1. The number of nitrogens with one attached hydrogen (secondary N) is 1. The lowest BCUT2D eigenvalue weighted by molar-refractivity contribution is 0.0909. The Kier molecular flexibility index (Phi) is 6.78. The highest BCUT2D eigenvalue weighted by Crippen LogP contribution is 2.37. The summed E-state index contributed by atoms with van der Waals surface area (Å²) in [6.07, 6.45) is 4.36. The third kappa shape index (κ3) is 5.57. The molecule has 1 saturated carbocycles. The zero-order valence-electron chi connectivity index (χ0n) is 20.3. The molecule has 11 heteroatoms. The van der Waals surface area contributed by atoms with E-state index in [9.17, 15) is 18.0 Å². The van der Waals surface area contributed by atoms with Crippen molar-refractivity contribution in [2.75, 3.05) is 11.6 Å². The molecule has 1 heterocycles. The molecule has 0 radical (unpaired) electrons. The number of carbonyl (C=O) groups is 2. The predicted molar refractivity (Wildman–Crippen MR) is 132 cm³/mol. The summed E-state index contributed by atoms with van der Waals surface area (Å²) in [6, 6.07) is 5.26. The lowest BCUT2D eigenvalue weighted by Crippen LogP contribution is -2.31. The molecule has 0 bridgehead atoms. The van der Waals surface area contributed by atoms with Crippen LogP contribution in [0.4, 0.5) is 5.69 Å². The normalized spacial score (nSPS) is 22.0. The van der Waals surface area contributed by atoms with Crippen LogP contribution in [0.15, 0.2) is 18.2 Å². The van der Waals surface area contributed by atoms with Gasteiger partial charge in [-0.1, -0.05) is 13.8 Å². The number of nitrogens with zero attached hydrogens (tertiary/aromatic N) is 2. The van der Waals surface area contributed by atoms with Crippen molar-refractivity contribution >= 4 is 27.5 Å². The molecule has 1 aromatic carbocycles. The van der Waals surface area contributed by atoms with Crippen LogP contribution >= 0.6 is 0 Å². The molecule has 35 heavy (non-hydrogen) atoms. The fraction of sp³-hybridized carbons (Fsp3) is 0.542. The summed E-state index contributed by atoms with van der Waals surface area (Å²) >= 11 is 0. The Morgan fingerprint density at radius 1 is 1.23 bits per heavy atom. The molecule has 0 unspecified atom stereocenters. The van der Waals surface area contributed by atoms with E-state index in [4.69, 9.17) is 15.7 Å². The standard InChI is InChI=1S/C24H33N5O5S/c1-24(2)11-20-22(21(30)12-24)19(13-25)28-29(20)15-6-9-17(23(26)31)18(10-15)27-14-4-7-16(8-5-14)34-35(3,32)33/h6,9-10,14,16,27H,4-5,7-8,11-13,25H2,1-3H3,(H2,26,31). The summed E-state index contributed by atoms with van der Waals surface area (Å²) < 4.78 is 29.7. The van der Waals surface area contributed by atoms with Crippen LogP contribution in [-0.2, 0) is 27.3 Å². The van der Waals surface area contributed by atoms with Crippen LogP contribution in [0.25, 0.3) is 5.69 Å². The quantitative estimate of drug-likeness (QED) is 0.485. The Bertz CT molecular complexity index is 1260. The molecule has 0 spiro atoms. The Labute approximate surface area is 205 Å².